The van der Waals surface area contributed by atoms with Gasteiger partial charge in [0.2, 0.25) is 5.91 Å². The number of hydrogen-bond acceptors (Lipinski definition) is 1. The highest BCUT2D eigenvalue weighted by molar-refractivity contribution is 5.83. The zero-order valence-corrected chi connectivity index (χ0v) is 12.3. The highest BCUT2D eigenvalue weighted by Gasteiger charge is 2.17. The lowest BCUT2D eigenvalue weighted by Crippen LogP contribution is -2.29. The monoisotopic (exact) mass is 261 g/mol. The molecule has 1 N–H and O–H groups in total. The fourth-order valence-electron chi connectivity index (χ4n) is 2.32. The zero-order valence-electron chi connectivity index (χ0n) is 12.3. The fraction of sp³-hybridized carbons (Fsp3) is 0.588. The Bertz CT molecular complexity index is 348. The van der Waals surface area contributed by atoms with Crippen LogP contribution in [0.25, 0.3) is 0 Å². The van der Waals surface area contributed by atoms with Gasteiger partial charge in [-0.1, -0.05) is 69.9 Å². The number of amides is 1. The summed E-state index contributed by atoms with van der Waals surface area (Å²) in [7, 11) is 0. The largest absolute Gasteiger partial charge is 0.356 e. The molecular formula is C17H27NO. The van der Waals surface area contributed by atoms with E-state index in [1.807, 2.05) is 30.3 Å². The second-order valence-corrected chi connectivity index (χ2v) is 5.08. The van der Waals surface area contributed by atoms with Gasteiger partial charge in [-0.25, -0.2) is 0 Å². The molecule has 0 aliphatic carbocycles. The van der Waals surface area contributed by atoms with E-state index in [0.717, 1.165) is 24.9 Å². The van der Waals surface area contributed by atoms with Crippen molar-refractivity contribution in [2.24, 2.45) is 0 Å². The summed E-state index contributed by atoms with van der Waals surface area (Å²) in [5, 5.41) is 3.07. The fourth-order valence-corrected chi connectivity index (χ4v) is 2.32. The molecule has 1 rings (SSSR count). The highest BCUT2D eigenvalue weighted by Crippen LogP contribution is 2.19. The van der Waals surface area contributed by atoms with E-state index >= 15 is 0 Å². The quantitative estimate of drug-likeness (QED) is 0.661. The Labute approximate surface area is 117 Å². The van der Waals surface area contributed by atoms with Crippen LogP contribution in [0.4, 0.5) is 0 Å². The molecule has 1 aromatic rings. The summed E-state index contributed by atoms with van der Waals surface area (Å²) in [4.78, 5) is 12.2. The number of carbonyl (C=O) groups is 1. The lowest BCUT2D eigenvalue weighted by Gasteiger charge is -2.15. The Morgan fingerprint density at radius 3 is 2.37 bits per heavy atom. The minimum absolute atomic E-state index is 0.00292. The normalized spacial score (nSPS) is 12.1. The molecule has 0 aliphatic rings. The lowest BCUT2D eigenvalue weighted by atomic mass is 9.95. The van der Waals surface area contributed by atoms with E-state index in [-0.39, 0.29) is 11.8 Å². The zero-order chi connectivity index (χ0) is 13.9. The van der Waals surface area contributed by atoms with Crippen molar-refractivity contribution in [3.8, 4) is 0 Å². The van der Waals surface area contributed by atoms with Gasteiger partial charge in [-0.05, 0) is 18.4 Å². The first-order valence-corrected chi connectivity index (χ1v) is 7.62. The molecule has 0 aliphatic heterocycles. The minimum Gasteiger partial charge on any atom is -0.356 e. The third-order valence-corrected chi connectivity index (χ3v) is 3.51. The second kappa shape index (κ2) is 9.60. The molecule has 1 aromatic carbocycles. The van der Waals surface area contributed by atoms with Gasteiger partial charge in [-0.15, -0.1) is 0 Å². The number of unbranched alkanes of at least 4 members (excludes halogenated alkanes) is 4. The van der Waals surface area contributed by atoms with E-state index < -0.39 is 0 Å². The maximum absolute atomic E-state index is 12.2. The van der Waals surface area contributed by atoms with Crippen molar-refractivity contribution in [2.75, 3.05) is 6.54 Å². The van der Waals surface area contributed by atoms with Gasteiger partial charge in [-0.2, -0.15) is 0 Å². The van der Waals surface area contributed by atoms with E-state index in [2.05, 4.69) is 19.2 Å². The van der Waals surface area contributed by atoms with Crippen molar-refractivity contribution in [1.82, 2.24) is 5.32 Å². The average Bonchev–Trinajstić information content (AvgIpc) is 2.45. The van der Waals surface area contributed by atoms with E-state index in [4.69, 9.17) is 0 Å². The third kappa shape index (κ3) is 5.91. The molecule has 0 aromatic heterocycles. The molecule has 2 nitrogen and oxygen atoms in total. The van der Waals surface area contributed by atoms with Crippen LogP contribution in [-0.4, -0.2) is 12.5 Å². The summed E-state index contributed by atoms with van der Waals surface area (Å²) < 4.78 is 0. The molecule has 1 amide bonds. The maximum atomic E-state index is 12.2. The molecule has 19 heavy (non-hydrogen) atoms. The predicted octanol–water partition coefficient (Wildman–Crippen LogP) is 4.27. The predicted molar refractivity (Wildman–Crippen MR) is 81.2 cm³/mol. The van der Waals surface area contributed by atoms with Crippen LogP contribution in [0.2, 0.25) is 0 Å². The van der Waals surface area contributed by atoms with E-state index in [1.54, 1.807) is 0 Å². The Morgan fingerprint density at radius 1 is 1.05 bits per heavy atom. The third-order valence-electron chi connectivity index (χ3n) is 3.51. The number of hydrogen-bond donors (Lipinski definition) is 1. The molecule has 0 heterocycles. The Balaban J connectivity index is 2.31. The standard InChI is InChI=1S/C17H27NO/c1-3-5-6-7-11-14-18-17(19)16(4-2)15-12-9-8-10-13-15/h8-10,12-13,16H,3-7,11,14H2,1-2H3,(H,18,19)/t16-/m1/s1. The Morgan fingerprint density at radius 2 is 1.74 bits per heavy atom. The molecule has 0 spiro atoms. The summed E-state index contributed by atoms with van der Waals surface area (Å²) >= 11 is 0. The molecular weight excluding hydrogens is 234 g/mol. The number of rotatable bonds is 9. The van der Waals surface area contributed by atoms with Crippen LogP contribution in [0.5, 0.6) is 0 Å². The Kier molecular flexibility index (Phi) is 7.95. The topological polar surface area (TPSA) is 29.1 Å². The first-order valence-electron chi connectivity index (χ1n) is 7.62. The maximum Gasteiger partial charge on any atom is 0.227 e. The molecule has 1 atom stereocenters. The first kappa shape index (κ1) is 15.7. The van der Waals surface area contributed by atoms with Crippen LogP contribution in [-0.2, 0) is 4.79 Å². The van der Waals surface area contributed by atoms with E-state index in [9.17, 15) is 4.79 Å². The molecule has 2 heteroatoms. The highest BCUT2D eigenvalue weighted by atomic mass is 16.1. The van der Waals surface area contributed by atoms with Gasteiger partial charge < -0.3 is 5.32 Å². The summed E-state index contributed by atoms with van der Waals surface area (Å²) in [6, 6.07) is 10.1. The number of benzene rings is 1. The smallest absolute Gasteiger partial charge is 0.227 e. The van der Waals surface area contributed by atoms with Crippen molar-refractivity contribution in [2.45, 2.75) is 58.3 Å². The SMILES string of the molecule is CCCCCCCNC(=O)[C@H](CC)c1ccccc1. The van der Waals surface area contributed by atoms with E-state index in [0.29, 0.717) is 0 Å². The van der Waals surface area contributed by atoms with Crippen LogP contribution in [0.3, 0.4) is 0 Å². The summed E-state index contributed by atoms with van der Waals surface area (Å²) in [5.41, 5.74) is 1.12. The molecule has 0 radical (unpaired) electrons. The van der Waals surface area contributed by atoms with Gasteiger partial charge in [0, 0.05) is 6.54 Å². The van der Waals surface area contributed by atoms with E-state index in [1.165, 1.54) is 25.7 Å². The van der Waals surface area contributed by atoms with Crippen LogP contribution in [0.1, 0.15) is 63.9 Å². The van der Waals surface area contributed by atoms with Crippen LogP contribution in [0.15, 0.2) is 30.3 Å². The summed E-state index contributed by atoms with van der Waals surface area (Å²) in [6.07, 6.45) is 7.01. The van der Waals surface area contributed by atoms with Crippen LogP contribution >= 0.6 is 0 Å². The van der Waals surface area contributed by atoms with Crippen molar-refractivity contribution in [3.05, 3.63) is 35.9 Å². The molecule has 0 saturated heterocycles. The van der Waals surface area contributed by atoms with Gasteiger partial charge in [0.05, 0.1) is 5.92 Å². The van der Waals surface area contributed by atoms with Crippen LogP contribution < -0.4 is 5.32 Å². The van der Waals surface area contributed by atoms with Crippen molar-refractivity contribution in [1.29, 1.82) is 0 Å². The van der Waals surface area contributed by atoms with Crippen molar-refractivity contribution < 1.29 is 4.79 Å². The van der Waals surface area contributed by atoms with Crippen LogP contribution in [0, 0.1) is 0 Å². The molecule has 0 saturated carbocycles. The number of carbonyl (C=O) groups excluding carboxylic acids is 1. The minimum atomic E-state index is -0.00292. The number of nitrogens with one attached hydrogen (secondary N) is 1. The van der Waals surface area contributed by atoms with Gasteiger partial charge >= 0.3 is 0 Å². The average molecular weight is 261 g/mol. The molecule has 106 valence electrons. The molecule has 0 fully saturated rings. The Hall–Kier alpha value is -1.31. The van der Waals surface area contributed by atoms with Gasteiger partial charge in [0.15, 0.2) is 0 Å². The summed E-state index contributed by atoms with van der Waals surface area (Å²) in [5.74, 6) is 0.168. The first-order chi connectivity index (χ1) is 9.29. The van der Waals surface area contributed by atoms with Crippen molar-refractivity contribution in [3.63, 3.8) is 0 Å². The van der Waals surface area contributed by atoms with Crippen molar-refractivity contribution >= 4 is 5.91 Å². The van der Waals surface area contributed by atoms with Gasteiger partial charge in [0.1, 0.15) is 0 Å². The van der Waals surface area contributed by atoms with Gasteiger partial charge in [0.25, 0.3) is 0 Å². The summed E-state index contributed by atoms with van der Waals surface area (Å²) in [6.45, 7) is 5.10. The van der Waals surface area contributed by atoms with Gasteiger partial charge in [-0.3, -0.25) is 4.79 Å². The second-order valence-electron chi connectivity index (χ2n) is 5.08. The lowest BCUT2D eigenvalue weighted by molar-refractivity contribution is -0.122. The molecule has 0 unspecified atom stereocenters. The molecule has 0 bridgehead atoms.